The van der Waals surface area contributed by atoms with Crippen molar-refractivity contribution in [3.05, 3.63) is 95.7 Å². The van der Waals surface area contributed by atoms with Gasteiger partial charge in [-0.1, -0.05) is 73.9 Å². The van der Waals surface area contributed by atoms with Crippen LogP contribution in [0.2, 0.25) is 0 Å². The van der Waals surface area contributed by atoms with Crippen molar-refractivity contribution < 1.29 is 9.59 Å². The molecule has 0 bridgehead atoms. The normalized spacial score (nSPS) is 14.3. The Hall–Kier alpha value is -3.27. The molecule has 4 heteroatoms. The van der Waals surface area contributed by atoms with Gasteiger partial charge in [-0.2, -0.15) is 0 Å². The summed E-state index contributed by atoms with van der Waals surface area (Å²) in [5.74, 6) is 0.348. The second kappa shape index (κ2) is 8.82. The SMILES string of the molecule is O=C(c1ccccc1)c1ccccc1C(=O)N(c1ccccn1)C1CCCCC1. The van der Waals surface area contributed by atoms with Gasteiger partial charge in [0.15, 0.2) is 5.78 Å². The minimum absolute atomic E-state index is 0.103. The van der Waals surface area contributed by atoms with E-state index in [0.717, 1.165) is 25.7 Å². The van der Waals surface area contributed by atoms with E-state index in [2.05, 4.69) is 4.98 Å². The first-order valence-corrected chi connectivity index (χ1v) is 10.2. The molecule has 1 saturated carbocycles. The molecule has 1 fully saturated rings. The molecule has 1 aliphatic carbocycles. The molecule has 0 atom stereocenters. The van der Waals surface area contributed by atoms with E-state index < -0.39 is 0 Å². The van der Waals surface area contributed by atoms with Gasteiger partial charge in [0, 0.05) is 23.4 Å². The number of carbonyl (C=O) groups is 2. The number of nitrogens with zero attached hydrogens (tertiary/aromatic N) is 2. The van der Waals surface area contributed by atoms with Gasteiger partial charge >= 0.3 is 0 Å². The van der Waals surface area contributed by atoms with Crippen LogP contribution in [0.5, 0.6) is 0 Å². The predicted molar refractivity (Wildman–Crippen MR) is 114 cm³/mol. The van der Waals surface area contributed by atoms with Crippen LogP contribution in [0, 0.1) is 0 Å². The Labute approximate surface area is 171 Å². The highest BCUT2D eigenvalue weighted by molar-refractivity contribution is 6.18. The van der Waals surface area contributed by atoms with Crippen molar-refractivity contribution in [1.82, 2.24) is 4.98 Å². The number of carbonyl (C=O) groups excluding carboxylic acids is 2. The molecule has 3 aromatic rings. The minimum Gasteiger partial charge on any atom is -0.290 e. The first kappa shape index (κ1) is 19.1. The van der Waals surface area contributed by atoms with Crippen LogP contribution >= 0.6 is 0 Å². The van der Waals surface area contributed by atoms with Crippen LogP contribution in [0.1, 0.15) is 58.4 Å². The molecule has 2 aromatic carbocycles. The minimum atomic E-state index is -0.157. The summed E-state index contributed by atoms with van der Waals surface area (Å²) in [7, 11) is 0. The molecule has 4 nitrogen and oxygen atoms in total. The number of ketones is 1. The molecule has 1 heterocycles. The fourth-order valence-electron chi connectivity index (χ4n) is 4.03. The summed E-state index contributed by atoms with van der Waals surface area (Å²) in [6.45, 7) is 0. The summed E-state index contributed by atoms with van der Waals surface area (Å²) in [6.07, 6.45) is 7.02. The molecule has 146 valence electrons. The van der Waals surface area contributed by atoms with Crippen molar-refractivity contribution >= 4 is 17.5 Å². The van der Waals surface area contributed by atoms with Crippen molar-refractivity contribution in [3.63, 3.8) is 0 Å². The van der Waals surface area contributed by atoms with Crippen LogP contribution < -0.4 is 4.90 Å². The first-order chi connectivity index (χ1) is 14.3. The third kappa shape index (κ3) is 4.11. The standard InChI is InChI=1S/C25H24N2O2/c28-24(19-11-3-1-4-12-19)21-15-7-8-16-22(21)25(29)27(20-13-5-2-6-14-20)23-17-9-10-18-26-23/h1,3-4,7-12,15-18,20H,2,5-6,13-14H2. The highest BCUT2D eigenvalue weighted by Gasteiger charge is 2.30. The number of pyridine rings is 1. The molecule has 0 N–H and O–H groups in total. The van der Waals surface area contributed by atoms with E-state index in [-0.39, 0.29) is 17.7 Å². The van der Waals surface area contributed by atoms with E-state index in [0.29, 0.717) is 22.5 Å². The monoisotopic (exact) mass is 384 g/mol. The number of benzene rings is 2. The summed E-state index contributed by atoms with van der Waals surface area (Å²) in [5, 5.41) is 0. The van der Waals surface area contributed by atoms with Crippen LogP contribution in [-0.4, -0.2) is 22.7 Å². The van der Waals surface area contributed by atoms with Crippen molar-refractivity contribution in [2.75, 3.05) is 4.90 Å². The number of aromatic nitrogens is 1. The Balaban J connectivity index is 1.74. The van der Waals surface area contributed by atoms with Crippen molar-refractivity contribution in [2.45, 2.75) is 38.1 Å². The quantitative estimate of drug-likeness (QED) is 0.562. The predicted octanol–water partition coefficient (Wildman–Crippen LogP) is 5.29. The number of amides is 1. The zero-order valence-corrected chi connectivity index (χ0v) is 16.3. The molecule has 1 amide bonds. The van der Waals surface area contributed by atoms with Gasteiger partial charge < -0.3 is 0 Å². The highest BCUT2D eigenvalue weighted by Crippen LogP contribution is 2.29. The van der Waals surface area contributed by atoms with E-state index in [4.69, 9.17) is 0 Å². The lowest BCUT2D eigenvalue weighted by Crippen LogP contribution is -2.42. The van der Waals surface area contributed by atoms with Crippen LogP contribution in [0.3, 0.4) is 0 Å². The third-order valence-corrected chi connectivity index (χ3v) is 5.49. The van der Waals surface area contributed by atoms with E-state index in [1.807, 2.05) is 42.5 Å². The molecule has 0 aliphatic heterocycles. The molecular formula is C25H24N2O2. The fraction of sp³-hybridized carbons (Fsp3) is 0.240. The van der Waals surface area contributed by atoms with E-state index in [1.165, 1.54) is 6.42 Å². The van der Waals surface area contributed by atoms with Crippen LogP contribution in [0.25, 0.3) is 0 Å². The van der Waals surface area contributed by atoms with Gasteiger partial charge in [-0.3, -0.25) is 14.5 Å². The second-order valence-electron chi connectivity index (χ2n) is 7.40. The highest BCUT2D eigenvalue weighted by atomic mass is 16.2. The largest absolute Gasteiger partial charge is 0.290 e. The molecular weight excluding hydrogens is 360 g/mol. The molecule has 29 heavy (non-hydrogen) atoms. The third-order valence-electron chi connectivity index (χ3n) is 5.49. The molecule has 1 aromatic heterocycles. The second-order valence-corrected chi connectivity index (χ2v) is 7.40. The van der Waals surface area contributed by atoms with Gasteiger partial charge in [-0.15, -0.1) is 0 Å². The summed E-state index contributed by atoms with van der Waals surface area (Å²) in [4.78, 5) is 33.1. The van der Waals surface area contributed by atoms with Gasteiger partial charge in [0.05, 0.1) is 5.56 Å². The van der Waals surface area contributed by atoms with E-state index in [1.54, 1.807) is 41.4 Å². The number of anilines is 1. The molecule has 1 aliphatic rings. The summed E-state index contributed by atoms with van der Waals surface area (Å²) in [5.41, 5.74) is 1.44. The van der Waals surface area contributed by atoms with Crippen molar-refractivity contribution in [3.8, 4) is 0 Å². The summed E-state index contributed by atoms with van der Waals surface area (Å²) >= 11 is 0. The Kier molecular flexibility index (Phi) is 5.80. The first-order valence-electron chi connectivity index (χ1n) is 10.2. The summed E-state index contributed by atoms with van der Waals surface area (Å²) in [6, 6.07) is 21.9. The van der Waals surface area contributed by atoms with Gasteiger partial charge in [-0.25, -0.2) is 4.98 Å². The zero-order valence-electron chi connectivity index (χ0n) is 16.3. The van der Waals surface area contributed by atoms with Crippen molar-refractivity contribution in [1.29, 1.82) is 0 Å². The Morgan fingerprint density at radius 1 is 0.759 bits per heavy atom. The summed E-state index contributed by atoms with van der Waals surface area (Å²) < 4.78 is 0. The van der Waals surface area contributed by atoms with Crippen molar-refractivity contribution in [2.24, 2.45) is 0 Å². The lowest BCUT2D eigenvalue weighted by Gasteiger charge is -2.34. The lowest BCUT2D eigenvalue weighted by molar-refractivity contribution is 0.0956. The average molecular weight is 384 g/mol. The fourth-order valence-corrected chi connectivity index (χ4v) is 4.03. The number of rotatable bonds is 5. The molecule has 0 radical (unpaired) electrons. The molecule has 0 spiro atoms. The van der Waals surface area contributed by atoms with Crippen LogP contribution in [0.4, 0.5) is 5.82 Å². The Morgan fingerprint density at radius 2 is 1.41 bits per heavy atom. The van der Waals surface area contributed by atoms with Gasteiger partial charge in [0.25, 0.3) is 5.91 Å². The average Bonchev–Trinajstić information content (AvgIpc) is 2.81. The van der Waals surface area contributed by atoms with Gasteiger partial charge in [-0.05, 0) is 31.0 Å². The smallest absolute Gasteiger partial charge is 0.260 e. The Morgan fingerprint density at radius 3 is 2.10 bits per heavy atom. The number of hydrogen-bond donors (Lipinski definition) is 0. The maximum Gasteiger partial charge on any atom is 0.260 e. The maximum atomic E-state index is 13.7. The zero-order chi connectivity index (χ0) is 20.1. The lowest BCUT2D eigenvalue weighted by atomic mass is 9.92. The molecule has 0 unspecified atom stereocenters. The van der Waals surface area contributed by atoms with Gasteiger partial charge in [0.1, 0.15) is 5.82 Å². The van der Waals surface area contributed by atoms with Gasteiger partial charge in [0.2, 0.25) is 0 Å². The molecule has 0 saturated heterocycles. The van der Waals surface area contributed by atoms with Crippen LogP contribution in [-0.2, 0) is 0 Å². The number of hydrogen-bond acceptors (Lipinski definition) is 3. The van der Waals surface area contributed by atoms with E-state index in [9.17, 15) is 9.59 Å². The Bertz CT molecular complexity index is 980. The van der Waals surface area contributed by atoms with Crippen LogP contribution in [0.15, 0.2) is 79.0 Å². The van der Waals surface area contributed by atoms with E-state index >= 15 is 0 Å². The maximum absolute atomic E-state index is 13.7. The topological polar surface area (TPSA) is 50.3 Å². The molecule has 4 rings (SSSR count).